The second-order valence-corrected chi connectivity index (χ2v) is 7.72. The Morgan fingerprint density at radius 2 is 2.32 bits per heavy atom. The molecule has 0 bridgehead atoms. The van der Waals surface area contributed by atoms with Crippen molar-refractivity contribution in [3.8, 4) is 0 Å². The first kappa shape index (κ1) is 13.5. The summed E-state index contributed by atoms with van der Waals surface area (Å²) in [6.07, 6.45) is 1.20. The highest BCUT2D eigenvalue weighted by atomic mass is 35.5. The number of fused-ring (bicyclic) bond motifs is 1. The van der Waals surface area contributed by atoms with Crippen LogP contribution in [0.3, 0.4) is 0 Å². The van der Waals surface area contributed by atoms with E-state index in [0.717, 1.165) is 34.9 Å². The number of anilines is 1. The van der Waals surface area contributed by atoms with E-state index >= 15 is 0 Å². The van der Waals surface area contributed by atoms with Crippen LogP contribution in [0.25, 0.3) is 10.2 Å². The summed E-state index contributed by atoms with van der Waals surface area (Å²) < 4.78 is 0. The first-order valence-electron chi connectivity index (χ1n) is 6.47. The van der Waals surface area contributed by atoms with Gasteiger partial charge >= 0.3 is 0 Å². The van der Waals surface area contributed by atoms with Gasteiger partial charge in [-0.05, 0) is 31.0 Å². The van der Waals surface area contributed by atoms with Crippen LogP contribution in [0.4, 0.5) is 5.82 Å². The lowest BCUT2D eigenvalue weighted by Crippen LogP contribution is -2.38. The third kappa shape index (κ3) is 2.69. The van der Waals surface area contributed by atoms with Gasteiger partial charge in [-0.1, -0.05) is 6.92 Å². The third-order valence-corrected chi connectivity index (χ3v) is 5.85. The number of halogens is 1. The molecule has 1 aliphatic rings. The van der Waals surface area contributed by atoms with Gasteiger partial charge in [0.05, 0.1) is 5.39 Å². The maximum Gasteiger partial charge on any atom is 0.225 e. The fraction of sp³-hybridized carbons (Fsp3) is 0.538. The third-order valence-electron chi connectivity index (χ3n) is 3.36. The van der Waals surface area contributed by atoms with Gasteiger partial charge in [0.2, 0.25) is 5.28 Å². The molecule has 3 heterocycles. The van der Waals surface area contributed by atoms with Crippen molar-refractivity contribution in [1.29, 1.82) is 0 Å². The van der Waals surface area contributed by atoms with E-state index in [2.05, 4.69) is 46.5 Å². The molecule has 3 nitrogen and oxygen atoms in total. The summed E-state index contributed by atoms with van der Waals surface area (Å²) in [5, 5.41) is 2.20. The Morgan fingerprint density at radius 3 is 3.11 bits per heavy atom. The van der Waals surface area contributed by atoms with Crippen LogP contribution in [0.2, 0.25) is 5.28 Å². The molecule has 0 spiro atoms. The van der Waals surface area contributed by atoms with Crippen molar-refractivity contribution in [3.63, 3.8) is 0 Å². The summed E-state index contributed by atoms with van der Waals surface area (Å²) in [5.41, 5.74) is 0. The molecule has 0 aliphatic carbocycles. The van der Waals surface area contributed by atoms with Crippen LogP contribution >= 0.6 is 34.7 Å². The van der Waals surface area contributed by atoms with E-state index in [-0.39, 0.29) is 0 Å². The standard InChI is InChI=1S/C13H16ClN3S2/c1-3-9-7-17(4-5-18-9)11-10-6-8(2)19-12(10)16-13(14)15-11/h6,9H,3-5,7H2,1-2H3. The summed E-state index contributed by atoms with van der Waals surface area (Å²) in [4.78, 5) is 13.4. The fourth-order valence-electron chi connectivity index (χ4n) is 2.40. The van der Waals surface area contributed by atoms with Crippen molar-refractivity contribution in [2.45, 2.75) is 25.5 Å². The Kier molecular flexibility index (Phi) is 3.87. The van der Waals surface area contributed by atoms with Gasteiger partial charge in [0.25, 0.3) is 0 Å². The molecule has 1 atom stereocenters. The Bertz CT molecular complexity index is 599. The van der Waals surface area contributed by atoms with Gasteiger partial charge in [0.1, 0.15) is 10.6 Å². The topological polar surface area (TPSA) is 29.0 Å². The van der Waals surface area contributed by atoms with Crippen LogP contribution < -0.4 is 4.90 Å². The van der Waals surface area contributed by atoms with Crippen LogP contribution in [0.5, 0.6) is 0 Å². The Balaban J connectivity index is 2.03. The lowest BCUT2D eigenvalue weighted by molar-refractivity contribution is 0.722. The number of rotatable bonds is 2. The molecule has 2 aromatic heterocycles. The number of thiophene rings is 1. The van der Waals surface area contributed by atoms with Crippen molar-refractivity contribution in [2.24, 2.45) is 0 Å². The van der Waals surface area contributed by atoms with Crippen LogP contribution in [0.1, 0.15) is 18.2 Å². The van der Waals surface area contributed by atoms with Gasteiger partial charge in [0, 0.05) is 29.0 Å². The number of hydrogen-bond acceptors (Lipinski definition) is 5. The summed E-state index contributed by atoms with van der Waals surface area (Å²) in [7, 11) is 0. The van der Waals surface area contributed by atoms with E-state index in [9.17, 15) is 0 Å². The van der Waals surface area contributed by atoms with Crippen molar-refractivity contribution >= 4 is 50.7 Å². The molecule has 1 fully saturated rings. The minimum absolute atomic E-state index is 0.357. The van der Waals surface area contributed by atoms with Crippen molar-refractivity contribution in [1.82, 2.24) is 9.97 Å². The fourth-order valence-corrected chi connectivity index (χ4v) is 4.67. The van der Waals surface area contributed by atoms with Gasteiger partial charge in [-0.2, -0.15) is 16.7 Å². The predicted octanol–water partition coefficient (Wildman–Crippen LogP) is 3.98. The van der Waals surface area contributed by atoms with Gasteiger partial charge in [-0.3, -0.25) is 0 Å². The normalized spacial score (nSPS) is 20.2. The summed E-state index contributed by atoms with van der Waals surface area (Å²) in [6.45, 7) is 6.44. The Hall–Kier alpha value is -0.520. The molecular weight excluding hydrogens is 298 g/mol. The molecule has 19 heavy (non-hydrogen) atoms. The van der Waals surface area contributed by atoms with E-state index in [1.807, 2.05) is 0 Å². The molecule has 0 N–H and O–H groups in total. The second kappa shape index (κ2) is 5.46. The molecule has 1 saturated heterocycles. The minimum Gasteiger partial charge on any atom is -0.354 e. The van der Waals surface area contributed by atoms with Gasteiger partial charge < -0.3 is 4.90 Å². The minimum atomic E-state index is 0.357. The molecule has 102 valence electrons. The van der Waals surface area contributed by atoms with Gasteiger partial charge in [-0.25, -0.2) is 4.98 Å². The van der Waals surface area contributed by atoms with E-state index in [1.54, 1.807) is 11.3 Å². The van der Waals surface area contributed by atoms with Crippen LogP contribution in [0, 0.1) is 6.92 Å². The first-order chi connectivity index (χ1) is 9.17. The zero-order chi connectivity index (χ0) is 13.4. The molecule has 0 saturated carbocycles. The monoisotopic (exact) mass is 313 g/mol. The van der Waals surface area contributed by atoms with Gasteiger partial charge in [0.15, 0.2) is 0 Å². The van der Waals surface area contributed by atoms with Crippen LogP contribution in [-0.4, -0.2) is 34.1 Å². The van der Waals surface area contributed by atoms with Crippen molar-refractivity contribution < 1.29 is 0 Å². The predicted molar refractivity (Wildman–Crippen MR) is 85.9 cm³/mol. The maximum absolute atomic E-state index is 6.08. The highest BCUT2D eigenvalue weighted by Crippen LogP contribution is 2.34. The van der Waals surface area contributed by atoms with Crippen molar-refractivity contribution in [3.05, 3.63) is 16.2 Å². The second-order valence-electron chi connectivity index (χ2n) is 4.74. The number of nitrogens with zero attached hydrogens (tertiary/aromatic N) is 3. The maximum atomic E-state index is 6.08. The first-order valence-corrected chi connectivity index (χ1v) is 8.72. The lowest BCUT2D eigenvalue weighted by atomic mass is 10.2. The Morgan fingerprint density at radius 1 is 1.47 bits per heavy atom. The molecular formula is C13H16ClN3S2. The molecule has 1 unspecified atom stereocenters. The average molecular weight is 314 g/mol. The highest BCUT2D eigenvalue weighted by Gasteiger charge is 2.23. The van der Waals surface area contributed by atoms with E-state index in [4.69, 9.17) is 11.6 Å². The number of thioether (sulfide) groups is 1. The van der Waals surface area contributed by atoms with E-state index in [0.29, 0.717) is 10.5 Å². The van der Waals surface area contributed by atoms with E-state index in [1.165, 1.54) is 11.3 Å². The van der Waals surface area contributed by atoms with Crippen LogP contribution in [-0.2, 0) is 0 Å². The largest absolute Gasteiger partial charge is 0.354 e. The van der Waals surface area contributed by atoms with Gasteiger partial charge in [-0.15, -0.1) is 11.3 Å². The zero-order valence-corrected chi connectivity index (χ0v) is 13.4. The van der Waals surface area contributed by atoms with Crippen molar-refractivity contribution in [2.75, 3.05) is 23.7 Å². The number of hydrogen-bond donors (Lipinski definition) is 0. The highest BCUT2D eigenvalue weighted by molar-refractivity contribution is 8.00. The molecule has 3 rings (SSSR count). The molecule has 0 amide bonds. The summed E-state index contributed by atoms with van der Waals surface area (Å²) in [5.74, 6) is 2.17. The molecule has 2 aromatic rings. The molecule has 1 aliphatic heterocycles. The smallest absolute Gasteiger partial charge is 0.225 e. The SMILES string of the molecule is CCC1CN(c2nc(Cl)nc3sc(C)cc23)CCS1. The number of aryl methyl sites for hydroxylation is 1. The molecule has 6 heteroatoms. The number of aromatic nitrogens is 2. The van der Waals surface area contributed by atoms with E-state index < -0.39 is 0 Å². The average Bonchev–Trinajstić information content (AvgIpc) is 2.78. The summed E-state index contributed by atoms with van der Waals surface area (Å²) in [6, 6.07) is 2.17. The molecule has 0 radical (unpaired) electrons. The zero-order valence-electron chi connectivity index (χ0n) is 11.0. The van der Waals surface area contributed by atoms with Crippen LogP contribution in [0.15, 0.2) is 6.07 Å². The lowest BCUT2D eigenvalue weighted by Gasteiger charge is -2.33. The Labute approximate surface area is 126 Å². The molecule has 0 aromatic carbocycles. The summed E-state index contributed by atoms with van der Waals surface area (Å²) >= 11 is 9.82. The quantitative estimate of drug-likeness (QED) is 0.784.